The van der Waals surface area contributed by atoms with Crippen LogP contribution >= 0.6 is 24.0 Å². The zero-order valence-corrected chi connectivity index (χ0v) is 20.7. The molecule has 0 bridgehead atoms. The van der Waals surface area contributed by atoms with Crippen LogP contribution in [0.4, 0.5) is 5.69 Å². The Labute approximate surface area is 197 Å². The average Bonchev–Trinajstić information content (AvgIpc) is 2.73. The van der Waals surface area contributed by atoms with Gasteiger partial charge < -0.3 is 20.3 Å². The molecule has 2 aliphatic heterocycles. The van der Waals surface area contributed by atoms with Gasteiger partial charge in [-0.3, -0.25) is 14.7 Å². The molecule has 30 heavy (non-hydrogen) atoms. The van der Waals surface area contributed by atoms with Crippen molar-refractivity contribution in [1.29, 1.82) is 0 Å². The SMILES string of the molecule is CN=C(NCC(=O)N1CCCc2ccccc21)NCC1CN(CC(C)C)CCO1.I. The number of hydrogen-bond donors (Lipinski definition) is 2. The fourth-order valence-electron chi connectivity index (χ4n) is 4.06. The van der Waals surface area contributed by atoms with Crippen LogP contribution in [0.3, 0.4) is 0 Å². The van der Waals surface area contributed by atoms with Crippen molar-refractivity contribution in [3.8, 4) is 0 Å². The molecule has 1 aromatic rings. The number of morpholine rings is 1. The highest BCUT2D eigenvalue weighted by Crippen LogP contribution is 2.26. The number of nitrogens with one attached hydrogen (secondary N) is 2. The number of benzene rings is 1. The first-order chi connectivity index (χ1) is 14.1. The summed E-state index contributed by atoms with van der Waals surface area (Å²) in [4.78, 5) is 21.4. The lowest BCUT2D eigenvalue weighted by Crippen LogP contribution is -2.51. The van der Waals surface area contributed by atoms with Gasteiger partial charge in [-0.2, -0.15) is 0 Å². The van der Waals surface area contributed by atoms with E-state index in [2.05, 4.69) is 40.4 Å². The number of nitrogens with zero attached hydrogens (tertiary/aromatic N) is 3. The maximum absolute atomic E-state index is 12.8. The fraction of sp³-hybridized carbons (Fsp3) is 0.636. The summed E-state index contributed by atoms with van der Waals surface area (Å²) >= 11 is 0. The number of ether oxygens (including phenoxy) is 1. The van der Waals surface area contributed by atoms with Crippen molar-refractivity contribution in [2.24, 2.45) is 10.9 Å². The van der Waals surface area contributed by atoms with E-state index in [1.807, 2.05) is 23.1 Å². The third kappa shape index (κ3) is 7.09. The number of para-hydroxylation sites is 1. The molecule has 2 heterocycles. The molecule has 1 saturated heterocycles. The lowest BCUT2D eigenvalue weighted by molar-refractivity contribution is -0.117. The molecule has 1 amide bonds. The smallest absolute Gasteiger partial charge is 0.246 e. The first-order valence-corrected chi connectivity index (χ1v) is 10.7. The van der Waals surface area contributed by atoms with Gasteiger partial charge in [0.1, 0.15) is 0 Å². The maximum atomic E-state index is 12.8. The maximum Gasteiger partial charge on any atom is 0.246 e. The Morgan fingerprint density at radius 2 is 2.07 bits per heavy atom. The van der Waals surface area contributed by atoms with E-state index in [0.29, 0.717) is 18.4 Å². The highest BCUT2D eigenvalue weighted by atomic mass is 127. The van der Waals surface area contributed by atoms with Crippen LogP contribution in [0.25, 0.3) is 0 Å². The highest BCUT2D eigenvalue weighted by molar-refractivity contribution is 14.0. The molecule has 2 N–H and O–H groups in total. The summed E-state index contributed by atoms with van der Waals surface area (Å²) in [5, 5.41) is 6.47. The number of fused-ring (bicyclic) bond motifs is 1. The summed E-state index contributed by atoms with van der Waals surface area (Å²) in [5.74, 6) is 1.35. The molecule has 0 aromatic heterocycles. The topological polar surface area (TPSA) is 69.2 Å². The first kappa shape index (κ1) is 24.9. The van der Waals surface area contributed by atoms with E-state index in [4.69, 9.17) is 4.74 Å². The van der Waals surface area contributed by atoms with Crippen LogP contribution in [-0.4, -0.2) is 75.8 Å². The Morgan fingerprint density at radius 3 is 2.83 bits per heavy atom. The second-order valence-electron chi connectivity index (χ2n) is 8.23. The van der Waals surface area contributed by atoms with Gasteiger partial charge in [-0.05, 0) is 30.4 Å². The molecule has 0 radical (unpaired) electrons. The number of hydrogen-bond acceptors (Lipinski definition) is 4. The molecule has 3 rings (SSSR count). The Morgan fingerprint density at radius 1 is 1.27 bits per heavy atom. The molecule has 8 heteroatoms. The molecule has 1 fully saturated rings. The van der Waals surface area contributed by atoms with Crippen molar-refractivity contribution in [2.75, 3.05) is 57.8 Å². The summed E-state index contributed by atoms with van der Waals surface area (Å²) in [6.45, 7) is 9.92. The minimum absolute atomic E-state index is 0. The Bertz CT molecular complexity index is 713. The van der Waals surface area contributed by atoms with E-state index in [9.17, 15) is 4.79 Å². The zero-order valence-electron chi connectivity index (χ0n) is 18.4. The average molecular weight is 529 g/mol. The fourth-order valence-corrected chi connectivity index (χ4v) is 4.06. The molecule has 0 aliphatic carbocycles. The normalized spacial score (nSPS) is 19.8. The molecule has 1 unspecified atom stereocenters. The second-order valence-corrected chi connectivity index (χ2v) is 8.23. The molecule has 1 atom stereocenters. The van der Waals surface area contributed by atoms with Crippen molar-refractivity contribution < 1.29 is 9.53 Å². The minimum atomic E-state index is 0. The van der Waals surface area contributed by atoms with Gasteiger partial charge in [-0.1, -0.05) is 32.0 Å². The van der Waals surface area contributed by atoms with E-state index >= 15 is 0 Å². The van der Waals surface area contributed by atoms with Gasteiger partial charge in [0.2, 0.25) is 5.91 Å². The zero-order chi connectivity index (χ0) is 20.6. The number of guanidine groups is 1. The predicted molar refractivity (Wildman–Crippen MR) is 133 cm³/mol. The first-order valence-electron chi connectivity index (χ1n) is 10.7. The number of anilines is 1. The van der Waals surface area contributed by atoms with Crippen molar-refractivity contribution in [2.45, 2.75) is 32.8 Å². The lowest BCUT2D eigenvalue weighted by Gasteiger charge is -2.34. The molecule has 1 aromatic carbocycles. The van der Waals surface area contributed by atoms with Crippen LogP contribution in [0.2, 0.25) is 0 Å². The number of aliphatic imine (C=N–C) groups is 1. The minimum Gasteiger partial charge on any atom is -0.374 e. The molecular formula is C22H36IN5O2. The quantitative estimate of drug-likeness (QED) is 0.336. The molecular weight excluding hydrogens is 493 g/mol. The van der Waals surface area contributed by atoms with Crippen LogP contribution in [0.1, 0.15) is 25.8 Å². The molecule has 0 spiro atoms. The molecule has 2 aliphatic rings. The largest absolute Gasteiger partial charge is 0.374 e. The van der Waals surface area contributed by atoms with Crippen LogP contribution in [-0.2, 0) is 16.0 Å². The number of carbonyl (C=O) groups is 1. The number of carbonyl (C=O) groups excluding carboxylic acids is 1. The standard InChI is InChI=1S/C22H35N5O2.HI/c1-17(2)15-26-11-12-29-19(16-26)13-24-22(23-3)25-14-21(28)27-10-6-8-18-7-4-5-9-20(18)27;/h4-5,7,9,17,19H,6,8,10-16H2,1-3H3,(H2,23,24,25);1H. The van der Waals surface area contributed by atoms with E-state index in [-0.39, 0.29) is 42.5 Å². The Balaban J connectivity index is 0.00000320. The third-order valence-corrected chi connectivity index (χ3v) is 5.39. The van der Waals surface area contributed by atoms with E-state index in [1.165, 1.54) is 5.56 Å². The summed E-state index contributed by atoms with van der Waals surface area (Å²) in [6.07, 6.45) is 2.17. The summed E-state index contributed by atoms with van der Waals surface area (Å²) in [7, 11) is 1.72. The van der Waals surface area contributed by atoms with E-state index < -0.39 is 0 Å². The number of aryl methyl sites for hydroxylation is 1. The van der Waals surface area contributed by atoms with Gasteiger partial charge in [0, 0.05) is 45.5 Å². The predicted octanol–water partition coefficient (Wildman–Crippen LogP) is 2.11. The third-order valence-electron chi connectivity index (χ3n) is 5.39. The van der Waals surface area contributed by atoms with Gasteiger partial charge in [0.25, 0.3) is 0 Å². The summed E-state index contributed by atoms with van der Waals surface area (Å²) in [5.41, 5.74) is 2.28. The number of halogens is 1. The molecule has 168 valence electrons. The van der Waals surface area contributed by atoms with E-state index in [1.54, 1.807) is 7.05 Å². The van der Waals surface area contributed by atoms with Gasteiger partial charge >= 0.3 is 0 Å². The van der Waals surface area contributed by atoms with Crippen molar-refractivity contribution in [3.05, 3.63) is 29.8 Å². The summed E-state index contributed by atoms with van der Waals surface area (Å²) in [6, 6.07) is 8.16. The lowest BCUT2D eigenvalue weighted by atomic mass is 10.0. The summed E-state index contributed by atoms with van der Waals surface area (Å²) < 4.78 is 5.88. The molecule has 7 nitrogen and oxygen atoms in total. The second kappa shape index (κ2) is 12.5. The highest BCUT2D eigenvalue weighted by Gasteiger charge is 2.23. The van der Waals surface area contributed by atoms with Crippen molar-refractivity contribution in [1.82, 2.24) is 15.5 Å². The molecule has 0 saturated carbocycles. The van der Waals surface area contributed by atoms with Gasteiger partial charge in [0.05, 0.1) is 19.3 Å². The van der Waals surface area contributed by atoms with E-state index in [0.717, 1.165) is 51.3 Å². The van der Waals surface area contributed by atoms with Gasteiger partial charge in [-0.15, -0.1) is 24.0 Å². The monoisotopic (exact) mass is 529 g/mol. The number of rotatable bonds is 6. The van der Waals surface area contributed by atoms with Crippen molar-refractivity contribution in [3.63, 3.8) is 0 Å². The van der Waals surface area contributed by atoms with Gasteiger partial charge in [-0.25, -0.2) is 0 Å². The van der Waals surface area contributed by atoms with Gasteiger partial charge in [0.15, 0.2) is 5.96 Å². The Kier molecular flexibility index (Phi) is 10.3. The van der Waals surface area contributed by atoms with Crippen LogP contribution in [0.5, 0.6) is 0 Å². The van der Waals surface area contributed by atoms with Crippen LogP contribution in [0, 0.1) is 5.92 Å². The van der Waals surface area contributed by atoms with Crippen LogP contribution in [0.15, 0.2) is 29.3 Å². The number of amides is 1. The van der Waals surface area contributed by atoms with Crippen LogP contribution < -0.4 is 15.5 Å². The van der Waals surface area contributed by atoms with Crippen molar-refractivity contribution >= 4 is 41.5 Å². The Hall–Kier alpha value is -1.39.